The summed E-state index contributed by atoms with van der Waals surface area (Å²) in [5.74, 6) is 0.323. The van der Waals surface area contributed by atoms with Gasteiger partial charge in [-0.05, 0) is 50.6 Å². The Bertz CT molecular complexity index is 741. The standard InChI is InChI=1S/C17H18N2O4/c1-11(2)23-15-6-4-5-13(10-15)17(20)18-16-8-7-14(19(21)22)9-12(16)3/h4-11H,1-3H3,(H,18,20). The molecule has 0 radical (unpaired) electrons. The predicted octanol–water partition coefficient (Wildman–Crippen LogP) is 3.94. The van der Waals surface area contributed by atoms with E-state index in [1.54, 1.807) is 31.2 Å². The van der Waals surface area contributed by atoms with E-state index < -0.39 is 4.92 Å². The Morgan fingerprint density at radius 1 is 1.22 bits per heavy atom. The maximum Gasteiger partial charge on any atom is 0.269 e. The molecule has 0 aliphatic heterocycles. The van der Waals surface area contributed by atoms with Gasteiger partial charge in [0.05, 0.1) is 11.0 Å². The largest absolute Gasteiger partial charge is 0.491 e. The molecule has 120 valence electrons. The molecule has 0 aliphatic carbocycles. The van der Waals surface area contributed by atoms with E-state index in [1.165, 1.54) is 18.2 Å². The molecule has 0 aliphatic rings. The number of aryl methyl sites for hydroxylation is 1. The molecule has 1 amide bonds. The molecule has 0 heterocycles. The molecule has 2 aromatic carbocycles. The quantitative estimate of drug-likeness (QED) is 0.669. The van der Waals surface area contributed by atoms with Gasteiger partial charge >= 0.3 is 0 Å². The van der Waals surface area contributed by atoms with Crippen molar-refractivity contribution in [2.75, 3.05) is 5.32 Å². The molecule has 6 heteroatoms. The molecule has 0 atom stereocenters. The van der Waals surface area contributed by atoms with Gasteiger partial charge in [-0.3, -0.25) is 14.9 Å². The first-order chi connectivity index (χ1) is 10.9. The monoisotopic (exact) mass is 314 g/mol. The number of nitro groups is 1. The van der Waals surface area contributed by atoms with Crippen LogP contribution in [0.25, 0.3) is 0 Å². The molecular formula is C17H18N2O4. The van der Waals surface area contributed by atoms with Crippen molar-refractivity contribution in [1.29, 1.82) is 0 Å². The van der Waals surface area contributed by atoms with Crippen LogP contribution in [0.15, 0.2) is 42.5 Å². The van der Waals surface area contributed by atoms with Crippen LogP contribution in [-0.2, 0) is 0 Å². The van der Waals surface area contributed by atoms with Crippen molar-refractivity contribution in [3.8, 4) is 5.75 Å². The number of hydrogen-bond acceptors (Lipinski definition) is 4. The Morgan fingerprint density at radius 3 is 2.57 bits per heavy atom. The lowest BCUT2D eigenvalue weighted by Crippen LogP contribution is -2.13. The maximum absolute atomic E-state index is 12.3. The van der Waals surface area contributed by atoms with E-state index in [-0.39, 0.29) is 17.7 Å². The number of benzene rings is 2. The number of carbonyl (C=O) groups excluding carboxylic acids is 1. The third-order valence-corrected chi connectivity index (χ3v) is 3.14. The highest BCUT2D eigenvalue weighted by atomic mass is 16.6. The van der Waals surface area contributed by atoms with E-state index in [1.807, 2.05) is 13.8 Å². The van der Waals surface area contributed by atoms with Crippen LogP contribution in [-0.4, -0.2) is 16.9 Å². The van der Waals surface area contributed by atoms with Crippen LogP contribution >= 0.6 is 0 Å². The Kier molecular flexibility index (Phi) is 4.95. The van der Waals surface area contributed by atoms with Gasteiger partial charge in [0.25, 0.3) is 11.6 Å². The lowest BCUT2D eigenvalue weighted by atomic mass is 10.1. The molecule has 0 fully saturated rings. The van der Waals surface area contributed by atoms with Gasteiger partial charge in [0.1, 0.15) is 5.75 Å². The van der Waals surface area contributed by atoms with Crippen LogP contribution < -0.4 is 10.1 Å². The number of hydrogen-bond donors (Lipinski definition) is 1. The fourth-order valence-corrected chi connectivity index (χ4v) is 2.08. The molecular weight excluding hydrogens is 296 g/mol. The lowest BCUT2D eigenvalue weighted by molar-refractivity contribution is -0.384. The minimum absolute atomic E-state index is 0.00664. The molecule has 0 saturated heterocycles. The number of nitro benzene ring substituents is 1. The Balaban J connectivity index is 2.17. The zero-order valence-electron chi connectivity index (χ0n) is 13.2. The number of rotatable bonds is 5. The zero-order valence-corrected chi connectivity index (χ0v) is 13.2. The first-order valence-electron chi connectivity index (χ1n) is 7.20. The van der Waals surface area contributed by atoms with E-state index in [0.717, 1.165) is 0 Å². The van der Waals surface area contributed by atoms with Crippen LogP contribution in [0.4, 0.5) is 11.4 Å². The fourth-order valence-electron chi connectivity index (χ4n) is 2.08. The SMILES string of the molecule is Cc1cc([N+](=O)[O-])ccc1NC(=O)c1cccc(OC(C)C)c1. The number of ether oxygens (including phenoxy) is 1. The molecule has 23 heavy (non-hydrogen) atoms. The zero-order chi connectivity index (χ0) is 17.0. The van der Waals surface area contributed by atoms with Crippen LogP contribution in [0.5, 0.6) is 5.75 Å². The molecule has 0 spiro atoms. The van der Waals surface area contributed by atoms with Crippen LogP contribution in [0.3, 0.4) is 0 Å². The Morgan fingerprint density at radius 2 is 1.96 bits per heavy atom. The molecule has 0 unspecified atom stereocenters. The van der Waals surface area contributed by atoms with Gasteiger partial charge in [0.15, 0.2) is 0 Å². The van der Waals surface area contributed by atoms with Gasteiger partial charge in [0.2, 0.25) is 0 Å². The lowest BCUT2D eigenvalue weighted by Gasteiger charge is -2.12. The first kappa shape index (κ1) is 16.5. The number of carbonyl (C=O) groups is 1. The van der Waals surface area contributed by atoms with Crippen LogP contribution in [0.2, 0.25) is 0 Å². The second kappa shape index (κ2) is 6.91. The number of anilines is 1. The number of nitrogens with one attached hydrogen (secondary N) is 1. The van der Waals surface area contributed by atoms with Crippen LogP contribution in [0, 0.1) is 17.0 Å². The van der Waals surface area contributed by atoms with E-state index in [4.69, 9.17) is 4.74 Å². The highest BCUT2D eigenvalue weighted by Crippen LogP contribution is 2.22. The average molecular weight is 314 g/mol. The molecule has 1 N–H and O–H groups in total. The van der Waals surface area contributed by atoms with E-state index in [2.05, 4.69) is 5.32 Å². The third kappa shape index (κ3) is 4.29. The fraction of sp³-hybridized carbons (Fsp3) is 0.235. The third-order valence-electron chi connectivity index (χ3n) is 3.14. The number of amides is 1. The van der Waals surface area contributed by atoms with Crippen molar-refractivity contribution in [1.82, 2.24) is 0 Å². The van der Waals surface area contributed by atoms with Crippen LogP contribution in [0.1, 0.15) is 29.8 Å². The molecule has 2 aromatic rings. The normalized spacial score (nSPS) is 10.4. The molecule has 6 nitrogen and oxygen atoms in total. The van der Waals surface area contributed by atoms with E-state index in [9.17, 15) is 14.9 Å². The van der Waals surface area contributed by atoms with Crippen molar-refractivity contribution in [2.45, 2.75) is 26.9 Å². The van der Waals surface area contributed by atoms with Gasteiger partial charge in [-0.1, -0.05) is 6.07 Å². The second-order valence-electron chi connectivity index (χ2n) is 5.40. The van der Waals surface area contributed by atoms with Gasteiger partial charge in [-0.15, -0.1) is 0 Å². The summed E-state index contributed by atoms with van der Waals surface area (Å²) >= 11 is 0. The summed E-state index contributed by atoms with van der Waals surface area (Å²) in [4.78, 5) is 22.6. The summed E-state index contributed by atoms with van der Waals surface area (Å²) in [6.45, 7) is 5.53. The summed E-state index contributed by atoms with van der Waals surface area (Å²) in [6, 6.07) is 11.2. The van der Waals surface area contributed by atoms with E-state index in [0.29, 0.717) is 22.6 Å². The molecule has 0 aromatic heterocycles. The summed E-state index contributed by atoms with van der Waals surface area (Å²) in [6.07, 6.45) is 0.0187. The summed E-state index contributed by atoms with van der Waals surface area (Å²) in [5, 5.41) is 13.5. The first-order valence-corrected chi connectivity index (χ1v) is 7.20. The minimum Gasteiger partial charge on any atom is -0.491 e. The predicted molar refractivity (Wildman–Crippen MR) is 88.0 cm³/mol. The molecule has 0 bridgehead atoms. The van der Waals surface area contributed by atoms with E-state index >= 15 is 0 Å². The van der Waals surface area contributed by atoms with Gasteiger partial charge in [-0.25, -0.2) is 0 Å². The highest BCUT2D eigenvalue weighted by molar-refractivity contribution is 6.04. The van der Waals surface area contributed by atoms with Crippen molar-refractivity contribution >= 4 is 17.3 Å². The Labute approximate surface area is 134 Å². The van der Waals surface area contributed by atoms with Gasteiger partial charge in [-0.2, -0.15) is 0 Å². The van der Waals surface area contributed by atoms with Gasteiger partial charge in [0, 0.05) is 23.4 Å². The maximum atomic E-state index is 12.3. The van der Waals surface area contributed by atoms with Crippen molar-refractivity contribution in [2.24, 2.45) is 0 Å². The average Bonchev–Trinajstić information content (AvgIpc) is 2.48. The minimum atomic E-state index is -0.467. The summed E-state index contributed by atoms with van der Waals surface area (Å²) in [5.41, 5.74) is 1.62. The van der Waals surface area contributed by atoms with Crippen molar-refractivity contribution in [3.05, 3.63) is 63.7 Å². The number of non-ortho nitro benzene ring substituents is 1. The topological polar surface area (TPSA) is 81.5 Å². The smallest absolute Gasteiger partial charge is 0.269 e. The van der Waals surface area contributed by atoms with Crippen molar-refractivity contribution in [3.63, 3.8) is 0 Å². The Hall–Kier alpha value is -2.89. The second-order valence-corrected chi connectivity index (χ2v) is 5.40. The highest BCUT2D eigenvalue weighted by Gasteiger charge is 2.12. The molecule has 2 rings (SSSR count). The van der Waals surface area contributed by atoms with Gasteiger partial charge < -0.3 is 10.1 Å². The van der Waals surface area contributed by atoms with Crippen molar-refractivity contribution < 1.29 is 14.5 Å². The molecule has 0 saturated carbocycles. The summed E-state index contributed by atoms with van der Waals surface area (Å²) in [7, 11) is 0. The summed E-state index contributed by atoms with van der Waals surface area (Å²) < 4.78 is 5.57. The number of nitrogens with zero attached hydrogens (tertiary/aromatic N) is 1.